The first-order valence-electron chi connectivity index (χ1n) is 7.53. The van der Waals surface area contributed by atoms with Crippen molar-refractivity contribution in [3.8, 4) is 0 Å². The van der Waals surface area contributed by atoms with Gasteiger partial charge in [-0.15, -0.1) is 0 Å². The zero-order chi connectivity index (χ0) is 14.2. The van der Waals surface area contributed by atoms with Gasteiger partial charge in [0.2, 0.25) is 5.91 Å². The SMILES string of the molecule is NCCCC(=O)N1CCN(CCc2ccccc2)CC1. The fourth-order valence-corrected chi connectivity index (χ4v) is 2.56. The maximum Gasteiger partial charge on any atom is 0.222 e. The summed E-state index contributed by atoms with van der Waals surface area (Å²) in [6, 6.07) is 10.6. The van der Waals surface area contributed by atoms with Crippen LogP contribution in [0.25, 0.3) is 0 Å². The van der Waals surface area contributed by atoms with Crippen LogP contribution in [0, 0.1) is 0 Å². The summed E-state index contributed by atoms with van der Waals surface area (Å²) in [6.07, 6.45) is 2.48. The van der Waals surface area contributed by atoms with E-state index in [1.807, 2.05) is 4.90 Å². The second kappa shape index (κ2) is 8.02. The number of hydrogen-bond donors (Lipinski definition) is 1. The average molecular weight is 275 g/mol. The first kappa shape index (κ1) is 15.0. The molecule has 1 aromatic rings. The van der Waals surface area contributed by atoms with Crippen molar-refractivity contribution >= 4 is 5.91 Å². The van der Waals surface area contributed by atoms with Crippen LogP contribution < -0.4 is 5.73 Å². The molecule has 0 atom stereocenters. The maximum atomic E-state index is 11.9. The summed E-state index contributed by atoms with van der Waals surface area (Å²) in [7, 11) is 0. The minimum absolute atomic E-state index is 0.262. The van der Waals surface area contributed by atoms with Gasteiger partial charge in [-0.05, 0) is 24.9 Å². The molecule has 0 radical (unpaired) electrons. The molecule has 1 aliphatic rings. The Morgan fingerprint density at radius 2 is 1.80 bits per heavy atom. The Hall–Kier alpha value is -1.39. The van der Waals surface area contributed by atoms with E-state index in [-0.39, 0.29) is 5.91 Å². The molecule has 0 bridgehead atoms. The zero-order valence-corrected chi connectivity index (χ0v) is 12.1. The summed E-state index contributed by atoms with van der Waals surface area (Å²) in [4.78, 5) is 16.3. The standard InChI is InChI=1S/C16H25N3O/c17-9-4-7-16(20)19-13-11-18(12-14-19)10-8-15-5-2-1-3-6-15/h1-3,5-6H,4,7-14,17H2. The van der Waals surface area contributed by atoms with Crippen molar-refractivity contribution in [2.75, 3.05) is 39.3 Å². The van der Waals surface area contributed by atoms with Gasteiger partial charge in [-0.3, -0.25) is 9.69 Å². The molecule has 1 heterocycles. The van der Waals surface area contributed by atoms with Crippen molar-refractivity contribution in [1.29, 1.82) is 0 Å². The molecule has 1 aromatic carbocycles. The smallest absolute Gasteiger partial charge is 0.222 e. The lowest BCUT2D eigenvalue weighted by molar-refractivity contribution is -0.133. The molecule has 0 saturated carbocycles. The molecule has 1 fully saturated rings. The minimum Gasteiger partial charge on any atom is -0.340 e. The van der Waals surface area contributed by atoms with Crippen LogP contribution in [-0.2, 0) is 11.2 Å². The summed E-state index contributed by atoms with van der Waals surface area (Å²) in [6.45, 7) is 5.37. The number of hydrogen-bond acceptors (Lipinski definition) is 3. The molecule has 1 amide bonds. The fourth-order valence-electron chi connectivity index (χ4n) is 2.56. The molecule has 1 saturated heterocycles. The third kappa shape index (κ3) is 4.62. The van der Waals surface area contributed by atoms with E-state index in [2.05, 4.69) is 35.2 Å². The molecule has 2 rings (SSSR count). The molecule has 1 aliphatic heterocycles. The highest BCUT2D eigenvalue weighted by atomic mass is 16.2. The lowest BCUT2D eigenvalue weighted by atomic mass is 10.1. The van der Waals surface area contributed by atoms with Gasteiger partial charge in [0, 0.05) is 39.1 Å². The molecule has 4 nitrogen and oxygen atoms in total. The number of piperazine rings is 1. The van der Waals surface area contributed by atoms with Crippen LogP contribution in [0.4, 0.5) is 0 Å². The number of nitrogens with two attached hydrogens (primary N) is 1. The molecule has 4 heteroatoms. The highest BCUT2D eigenvalue weighted by Crippen LogP contribution is 2.07. The Bertz CT molecular complexity index is 399. The lowest BCUT2D eigenvalue weighted by Crippen LogP contribution is -2.49. The van der Waals surface area contributed by atoms with Gasteiger partial charge in [0.05, 0.1) is 0 Å². The van der Waals surface area contributed by atoms with Crippen LogP contribution in [0.3, 0.4) is 0 Å². The number of carbonyl (C=O) groups is 1. The van der Waals surface area contributed by atoms with Gasteiger partial charge >= 0.3 is 0 Å². The minimum atomic E-state index is 0.262. The fraction of sp³-hybridized carbons (Fsp3) is 0.562. The van der Waals surface area contributed by atoms with E-state index in [1.54, 1.807) is 0 Å². The molecule has 0 unspecified atom stereocenters. The molecule has 110 valence electrons. The Morgan fingerprint density at radius 1 is 1.10 bits per heavy atom. The molecular weight excluding hydrogens is 250 g/mol. The van der Waals surface area contributed by atoms with Gasteiger partial charge < -0.3 is 10.6 Å². The van der Waals surface area contributed by atoms with E-state index >= 15 is 0 Å². The number of benzene rings is 1. The Morgan fingerprint density at radius 3 is 2.45 bits per heavy atom. The molecule has 0 aliphatic carbocycles. The number of carbonyl (C=O) groups excluding carboxylic acids is 1. The van der Waals surface area contributed by atoms with E-state index in [1.165, 1.54) is 5.56 Å². The van der Waals surface area contributed by atoms with Crippen LogP contribution in [0.2, 0.25) is 0 Å². The lowest BCUT2D eigenvalue weighted by Gasteiger charge is -2.34. The van der Waals surface area contributed by atoms with Crippen molar-refractivity contribution in [3.05, 3.63) is 35.9 Å². The largest absolute Gasteiger partial charge is 0.340 e. The Balaban J connectivity index is 1.68. The van der Waals surface area contributed by atoms with E-state index in [0.29, 0.717) is 13.0 Å². The monoisotopic (exact) mass is 275 g/mol. The summed E-state index contributed by atoms with van der Waals surface area (Å²) < 4.78 is 0. The molecular formula is C16H25N3O. The summed E-state index contributed by atoms with van der Waals surface area (Å²) in [5, 5.41) is 0. The first-order valence-corrected chi connectivity index (χ1v) is 7.53. The van der Waals surface area contributed by atoms with Crippen molar-refractivity contribution in [3.63, 3.8) is 0 Å². The van der Waals surface area contributed by atoms with Crippen molar-refractivity contribution in [1.82, 2.24) is 9.80 Å². The van der Waals surface area contributed by atoms with Gasteiger partial charge in [-0.2, -0.15) is 0 Å². The van der Waals surface area contributed by atoms with E-state index < -0.39 is 0 Å². The third-order valence-corrected chi connectivity index (χ3v) is 3.88. The van der Waals surface area contributed by atoms with Crippen molar-refractivity contribution < 1.29 is 4.79 Å². The highest BCUT2D eigenvalue weighted by Gasteiger charge is 2.20. The zero-order valence-electron chi connectivity index (χ0n) is 12.1. The molecule has 20 heavy (non-hydrogen) atoms. The predicted octanol–water partition coefficient (Wildman–Crippen LogP) is 1.11. The first-order chi connectivity index (χ1) is 9.79. The second-order valence-corrected chi connectivity index (χ2v) is 5.35. The van der Waals surface area contributed by atoms with E-state index in [0.717, 1.165) is 45.6 Å². The van der Waals surface area contributed by atoms with Gasteiger partial charge in [0.1, 0.15) is 0 Å². The summed E-state index contributed by atoms with van der Waals surface area (Å²) >= 11 is 0. The van der Waals surface area contributed by atoms with Gasteiger partial charge in [0.15, 0.2) is 0 Å². The second-order valence-electron chi connectivity index (χ2n) is 5.35. The van der Waals surface area contributed by atoms with Gasteiger partial charge in [-0.25, -0.2) is 0 Å². The highest BCUT2D eigenvalue weighted by molar-refractivity contribution is 5.76. The van der Waals surface area contributed by atoms with Gasteiger partial charge in [-0.1, -0.05) is 30.3 Å². The topological polar surface area (TPSA) is 49.6 Å². The predicted molar refractivity (Wildman–Crippen MR) is 81.5 cm³/mol. The van der Waals surface area contributed by atoms with Crippen LogP contribution in [-0.4, -0.2) is 55.0 Å². The molecule has 0 aromatic heterocycles. The molecule has 0 spiro atoms. The summed E-state index contributed by atoms with van der Waals surface area (Å²) in [5.41, 5.74) is 6.83. The van der Waals surface area contributed by atoms with Gasteiger partial charge in [0.25, 0.3) is 0 Å². The van der Waals surface area contributed by atoms with Crippen molar-refractivity contribution in [2.24, 2.45) is 5.73 Å². The molecule has 2 N–H and O–H groups in total. The van der Waals surface area contributed by atoms with E-state index in [9.17, 15) is 4.79 Å². The summed E-state index contributed by atoms with van der Waals surface area (Å²) in [5.74, 6) is 0.262. The average Bonchev–Trinajstić information content (AvgIpc) is 2.52. The number of amides is 1. The van der Waals surface area contributed by atoms with E-state index in [4.69, 9.17) is 5.73 Å². The van der Waals surface area contributed by atoms with Crippen LogP contribution in [0.5, 0.6) is 0 Å². The van der Waals surface area contributed by atoms with Crippen LogP contribution >= 0.6 is 0 Å². The number of nitrogens with zero attached hydrogens (tertiary/aromatic N) is 2. The number of rotatable bonds is 6. The Labute approximate surface area is 121 Å². The maximum absolute atomic E-state index is 11.9. The van der Waals surface area contributed by atoms with Crippen LogP contribution in [0.15, 0.2) is 30.3 Å². The van der Waals surface area contributed by atoms with Crippen LogP contribution in [0.1, 0.15) is 18.4 Å². The Kier molecular flexibility index (Phi) is 6.02. The third-order valence-electron chi connectivity index (χ3n) is 3.88. The van der Waals surface area contributed by atoms with Crippen molar-refractivity contribution in [2.45, 2.75) is 19.3 Å². The normalized spacial score (nSPS) is 16.4. The quantitative estimate of drug-likeness (QED) is 0.846.